The number of aromatic nitrogens is 3. The maximum Gasteiger partial charge on any atom is 0.265 e. The van der Waals surface area contributed by atoms with Gasteiger partial charge < -0.3 is 10.4 Å². The Balaban J connectivity index is 0.00000124. The van der Waals surface area contributed by atoms with Crippen LogP contribution in [0.2, 0.25) is 0 Å². The molecule has 2 heterocycles. The quantitative estimate of drug-likeness (QED) is 0.580. The summed E-state index contributed by atoms with van der Waals surface area (Å²) in [5.74, 6) is 0.180. The average molecular weight is 451 g/mol. The summed E-state index contributed by atoms with van der Waals surface area (Å²) in [6, 6.07) is 8.04. The Kier molecular flexibility index (Phi) is 7.69. The minimum absolute atomic E-state index is 0.160. The molecule has 0 radical (unpaired) electrons. The van der Waals surface area contributed by atoms with Gasteiger partial charge in [0, 0.05) is 36.0 Å². The minimum Gasteiger partial charge on any atom is -0.393 e. The van der Waals surface area contributed by atoms with Gasteiger partial charge in [-0.25, -0.2) is 9.37 Å². The molecule has 2 aromatic heterocycles. The third-order valence-corrected chi connectivity index (χ3v) is 6.01. The van der Waals surface area contributed by atoms with Crippen molar-refractivity contribution in [2.45, 2.75) is 47.6 Å². The smallest absolute Gasteiger partial charge is 0.265 e. The Morgan fingerprint density at radius 3 is 2.53 bits per heavy atom. The highest BCUT2D eigenvalue weighted by atomic mass is 35.5. The normalized spacial score (nSPS) is 18.6. The number of fused-ring (bicyclic) bond motifs is 1. The van der Waals surface area contributed by atoms with Gasteiger partial charge in [0.2, 0.25) is 5.95 Å². The topological polar surface area (TPSA) is 80.0 Å². The van der Waals surface area contributed by atoms with Crippen LogP contribution in [0.5, 0.6) is 0 Å². The van der Waals surface area contributed by atoms with Crippen LogP contribution in [-0.4, -0.2) is 38.2 Å². The molecule has 1 saturated carbocycles. The zero-order chi connectivity index (χ0) is 21.7. The van der Waals surface area contributed by atoms with Crippen LogP contribution >= 0.6 is 23.4 Å². The lowest BCUT2D eigenvalue weighted by molar-refractivity contribution is 0.126. The summed E-state index contributed by atoms with van der Waals surface area (Å²) in [6.45, 7) is 0. The van der Waals surface area contributed by atoms with Crippen LogP contribution in [0.3, 0.4) is 0 Å². The van der Waals surface area contributed by atoms with E-state index in [1.54, 1.807) is 31.4 Å². The molecule has 1 aromatic carbocycles. The molecule has 0 unspecified atom stereocenters. The Hall–Kier alpha value is -2.16. The number of aliphatic hydroxyl groups excluding tert-OH is 1. The second-order valence-corrected chi connectivity index (χ2v) is 8.17. The van der Waals surface area contributed by atoms with Crippen LogP contribution in [0.15, 0.2) is 51.1 Å². The maximum absolute atomic E-state index is 13.1. The summed E-state index contributed by atoms with van der Waals surface area (Å²) >= 11 is 5.93. The Morgan fingerprint density at radius 2 is 1.87 bits per heavy atom. The lowest BCUT2D eigenvalue weighted by Crippen LogP contribution is -2.29. The van der Waals surface area contributed by atoms with Crippen molar-refractivity contribution in [1.29, 1.82) is 0 Å². The van der Waals surface area contributed by atoms with E-state index in [0.717, 1.165) is 36.0 Å². The van der Waals surface area contributed by atoms with Gasteiger partial charge in [-0.3, -0.25) is 9.36 Å². The molecule has 0 spiro atoms. The molecule has 4 rings (SSSR count). The first kappa shape index (κ1) is 22.5. The SMILES string of the molecule is CCl.Cn1c(=O)c(Sc2ccc(F)cc2)cc2cnc(NC3CCC(O)CC3)nc21. The van der Waals surface area contributed by atoms with Crippen molar-refractivity contribution in [3.05, 3.63) is 52.7 Å². The third-order valence-electron chi connectivity index (χ3n) is 4.99. The van der Waals surface area contributed by atoms with Gasteiger partial charge in [0.25, 0.3) is 5.56 Å². The van der Waals surface area contributed by atoms with Crippen molar-refractivity contribution < 1.29 is 9.50 Å². The number of hydrogen-bond acceptors (Lipinski definition) is 6. The summed E-state index contributed by atoms with van der Waals surface area (Å²) in [5.41, 5.74) is 0.397. The first-order valence-corrected chi connectivity index (χ1v) is 11.2. The number of anilines is 1. The molecule has 0 bridgehead atoms. The Labute approximate surface area is 183 Å². The molecule has 1 fully saturated rings. The number of nitrogens with zero attached hydrogens (tertiary/aromatic N) is 3. The third kappa shape index (κ3) is 5.30. The van der Waals surface area contributed by atoms with Gasteiger partial charge in [-0.2, -0.15) is 4.98 Å². The number of benzene rings is 1. The van der Waals surface area contributed by atoms with E-state index in [4.69, 9.17) is 0 Å². The standard InChI is InChI=1S/C20H21FN4O2S.CH3Cl/c1-25-18-12(10-17(19(25)27)28-16-8-2-13(21)3-9-16)11-22-20(24-18)23-14-4-6-15(26)7-5-14;1-2/h2-3,8-11,14-15,26H,4-7H2,1H3,(H,22,23,24);1H3. The van der Waals surface area contributed by atoms with Gasteiger partial charge in [0.1, 0.15) is 11.5 Å². The molecule has 1 aliphatic carbocycles. The van der Waals surface area contributed by atoms with Crippen LogP contribution in [-0.2, 0) is 7.05 Å². The highest BCUT2D eigenvalue weighted by Crippen LogP contribution is 2.27. The fraction of sp³-hybridized carbons (Fsp3) is 0.381. The zero-order valence-corrected chi connectivity index (χ0v) is 18.4. The minimum atomic E-state index is -0.309. The molecule has 0 saturated heterocycles. The van der Waals surface area contributed by atoms with Crippen LogP contribution in [0.25, 0.3) is 11.0 Å². The lowest BCUT2D eigenvalue weighted by Gasteiger charge is -2.26. The van der Waals surface area contributed by atoms with Crippen molar-refractivity contribution in [3.8, 4) is 0 Å². The Morgan fingerprint density at radius 1 is 1.20 bits per heavy atom. The molecule has 9 heteroatoms. The highest BCUT2D eigenvalue weighted by molar-refractivity contribution is 7.99. The summed E-state index contributed by atoms with van der Waals surface area (Å²) in [6.07, 6.45) is 6.25. The predicted octanol–water partition coefficient (Wildman–Crippen LogP) is 4.19. The number of aliphatic hydroxyl groups is 1. The molecule has 160 valence electrons. The van der Waals surface area contributed by atoms with Crippen LogP contribution in [0.1, 0.15) is 25.7 Å². The molecular formula is C21H24ClFN4O2S. The fourth-order valence-electron chi connectivity index (χ4n) is 3.39. The van der Waals surface area contributed by atoms with Crippen molar-refractivity contribution >= 4 is 40.3 Å². The van der Waals surface area contributed by atoms with E-state index >= 15 is 0 Å². The summed E-state index contributed by atoms with van der Waals surface area (Å²) < 4.78 is 14.6. The van der Waals surface area contributed by atoms with E-state index in [2.05, 4.69) is 26.9 Å². The average Bonchev–Trinajstić information content (AvgIpc) is 2.77. The van der Waals surface area contributed by atoms with Gasteiger partial charge in [-0.05, 0) is 56.0 Å². The molecule has 1 aliphatic rings. The van der Waals surface area contributed by atoms with Gasteiger partial charge in [-0.1, -0.05) is 11.8 Å². The second kappa shape index (κ2) is 10.2. The second-order valence-electron chi connectivity index (χ2n) is 7.05. The molecular weight excluding hydrogens is 427 g/mol. The van der Waals surface area contributed by atoms with Gasteiger partial charge >= 0.3 is 0 Å². The van der Waals surface area contributed by atoms with Gasteiger partial charge in [0.15, 0.2) is 0 Å². The monoisotopic (exact) mass is 450 g/mol. The number of hydrogen-bond donors (Lipinski definition) is 2. The van der Waals surface area contributed by atoms with E-state index in [1.165, 1.54) is 34.8 Å². The molecule has 30 heavy (non-hydrogen) atoms. The Bertz CT molecular complexity index is 1050. The first-order valence-electron chi connectivity index (χ1n) is 9.62. The van der Waals surface area contributed by atoms with Crippen LogP contribution in [0.4, 0.5) is 10.3 Å². The summed E-state index contributed by atoms with van der Waals surface area (Å²) in [5, 5.41) is 13.7. The molecule has 6 nitrogen and oxygen atoms in total. The van der Waals surface area contributed by atoms with Crippen molar-refractivity contribution in [3.63, 3.8) is 0 Å². The predicted molar refractivity (Wildman–Crippen MR) is 119 cm³/mol. The molecule has 0 atom stereocenters. The van der Waals surface area contributed by atoms with Gasteiger partial charge in [0.05, 0.1) is 11.0 Å². The van der Waals surface area contributed by atoms with Crippen molar-refractivity contribution in [2.75, 3.05) is 11.7 Å². The maximum atomic E-state index is 13.1. The molecule has 0 aliphatic heterocycles. The number of pyridine rings is 1. The number of halogens is 2. The molecule has 2 N–H and O–H groups in total. The van der Waals surface area contributed by atoms with E-state index in [-0.39, 0.29) is 23.5 Å². The molecule has 3 aromatic rings. The largest absolute Gasteiger partial charge is 0.393 e. The highest BCUT2D eigenvalue weighted by Gasteiger charge is 2.20. The lowest BCUT2D eigenvalue weighted by atomic mass is 9.93. The van der Waals surface area contributed by atoms with E-state index in [0.29, 0.717) is 16.5 Å². The van der Waals surface area contributed by atoms with Crippen LogP contribution < -0.4 is 10.9 Å². The number of nitrogens with one attached hydrogen (secondary N) is 1. The summed E-state index contributed by atoms with van der Waals surface area (Å²) in [7, 11) is 1.69. The van der Waals surface area contributed by atoms with Gasteiger partial charge in [-0.15, -0.1) is 11.6 Å². The van der Waals surface area contributed by atoms with Crippen LogP contribution in [0, 0.1) is 5.82 Å². The number of rotatable bonds is 4. The number of alkyl halides is 1. The first-order chi connectivity index (χ1) is 14.5. The molecule has 0 amide bonds. The zero-order valence-electron chi connectivity index (χ0n) is 16.8. The van der Waals surface area contributed by atoms with Crippen molar-refractivity contribution in [2.24, 2.45) is 7.05 Å². The summed E-state index contributed by atoms with van der Waals surface area (Å²) in [4.78, 5) is 23.0. The fourth-order valence-corrected chi connectivity index (χ4v) is 4.33. The van der Waals surface area contributed by atoms with Crippen molar-refractivity contribution in [1.82, 2.24) is 14.5 Å². The van der Waals surface area contributed by atoms with E-state index in [1.807, 2.05) is 0 Å². The number of aryl methyl sites for hydroxylation is 1. The van der Waals surface area contributed by atoms with E-state index < -0.39 is 0 Å². The van der Waals surface area contributed by atoms with E-state index in [9.17, 15) is 14.3 Å².